The highest BCUT2D eigenvalue weighted by molar-refractivity contribution is 7.89. The summed E-state index contributed by atoms with van der Waals surface area (Å²) in [5, 5.41) is 0.898. The summed E-state index contributed by atoms with van der Waals surface area (Å²) in [7, 11) is -2.63. The molecule has 0 aliphatic carbocycles. The lowest BCUT2D eigenvalue weighted by molar-refractivity contribution is -0.151. The SMILES string of the molecule is CCOC(=O)C1(c2ccc(Cl)cc2)N=C(c2ccc(OC)cc2OC(C)C)N(S(=O)(=O)CCN(CC)CC)C1c1ccc(Cl)cc1. The second-order valence-corrected chi connectivity index (χ2v) is 13.9. The quantitative estimate of drug-likeness (QED) is 0.173. The molecule has 12 heteroatoms. The van der Waals surface area contributed by atoms with E-state index in [0.29, 0.717) is 51.3 Å². The number of carbonyl (C=O) groups is 1. The van der Waals surface area contributed by atoms with Crippen LogP contribution < -0.4 is 9.47 Å². The highest BCUT2D eigenvalue weighted by Crippen LogP contribution is 2.52. The van der Waals surface area contributed by atoms with Gasteiger partial charge in [-0.05, 0) is 81.4 Å². The van der Waals surface area contributed by atoms with E-state index < -0.39 is 27.6 Å². The summed E-state index contributed by atoms with van der Waals surface area (Å²) >= 11 is 12.6. The van der Waals surface area contributed by atoms with Crippen molar-refractivity contribution in [1.82, 2.24) is 9.21 Å². The molecule has 0 spiro atoms. The Hall–Kier alpha value is -3.31. The number of hydrogen-bond acceptors (Lipinski definition) is 8. The summed E-state index contributed by atoms with van der Waals surface area (Å²) in [5.74, 6) is -0.0366. The molecule has 1 heterocycles. The van der Waals surface area contributed by atoms with Crippen LogP contribution in [0.3, 0.4) is 0 Å². The van der Waals surface area contributed by atoms with Gasteiger partial charge in [-0.15, -0.1) is 0 Å². The fourth-order valence-corrected chi connectivity index (χ4v) is 7.49. The summed E-state index contributed by atoms with van der Waals surface area (Å²) in [5.41, 5.74) is -0.576. The molecular formula is C34H41Cl2N3O6S. The average molecular weight is 691 g/mol. The second-order valence-electron chi connectivity index (χ2n) is 11.1. The van der Waals surface area contributed by atoms with E-state index in [0.717, 1.165) is 0 Å². The van der Waals surface area contributed by atoms with Gasteiger partial charge in [-0.25, -0.2) is 22.5 Å². The molecule has 0 N–H and O–H groups in total. The molecule has 0 saturated heterocycles. The van der Waals surface area contributed by atoms with E-state index in [2.05, 4.69) is 0 Å². The maximum Gasteiger partial charge on any atom is 0.341 e. The van der Waals surface area contributed by atoms with Crippen LogP contribution in [0.25, 0.3) is 0 Å². The van der Waals surface area contributed by atoms with Crippen molar-refractivity contribution in [1.29, 1.82) is 0 Å². The smallest absolute Gasteiger partial charge is 0.341 e. The molecular weight excluding hydrogens is 649 g/mol. The van der Waals surface area contributed by atoms with Crippen LogP contribution in [0, 0.1) is 0 Å². The molecule has 0 saturated carbocycles. The van der Waals surface area contributed by atoms with Gasteiger partial charge in [0, 0.05) is 22.7 Å². The Kier molecular flexibility index (Phi) is 11.6. The van der Waals surface area contributed by atoms with Crippen molar-refractivity contribution in [2.75, 3.05) is 39.1 Å². The third-order valence-electron chi connectivity index (χ3n) is 7.83. The number of carbonyl (C=O) groups excluding carboxylic acids is 1. The normalized spacial score (nSPS) is 18.2. The van der Waals surface area contributed by atoms with Crippen LogP contribution in [0.15, 0.2) is 71.7 Å². The van der Waals surface area contributed by atoms with Crippen molar-refractivity contribution in [3.8, 4) is 11.5 Å². The van der Waals surface area contributed by atoms with Crippen LogP contribution in [-0.2, 0) is 25.1 Å². The molecule has 2 unspecified atom stereocenters. The van der Waals surface area contributed by atoms with Crippen LogP contribution in [0.5, 0.6) is 11.5 Å². The minimum absolute atomic E-state index is 0.0424. The molecule has 248 valence electrons. The number of esters is 1. The Balaban J connectivity index is 2.13. The highest BCUT2D eigenvalue weighted by atomic mass is 35.5. The molecule has 4 rings (SSSR count). The molecule has 3 aromatic carbocycles. The Morgan fingerprint density at radius 2 is 1.59 bits per heavy atom. The molecule has 0 fully saturated rings. The maximum atomic E-state index is 14.8. The van der Waals surface area contributed by atoms with Crippen molar-refractivity contribution in [2.24, 2.45) is 4.99 Å². The standard InChI is InChI=1S/C34H41Cl2N3O6S/c1-7-38(8-2)20-21-46(41,42)39-31(24-10-14-26(35)15-11-24)34(33(40)44-9-3,25-12-16-27(36)17-13-25)37-32(39)29-19-18-28(43-6)22-30(29)45-23(4)5/h10-19,22-23,31H,7-9,20-21H2,1-6H3. The first kappa shape index (κ1) is 35.5. The Bertz CT molecular complexity index is 1640. The predicted octanol–water partition coefficient (Wildman–Crippen LogP) is 6.72. The molecule has 9 nitrogen and oxygen atoms in total. The summed E-state index contributed by atoms with van der Waals surface area (Å²) in [4.78, 5) is 21.5. The zero-order chi connectivity index (χ0) is 33.6. The van der Waals surface area contributed by atoms with Gasteiger partial charge >= 0.3 is 5.97 Å². The van der Waals surface area contributed by atoms with E-state index in [1.54, 1.807) is 73.7 Å². The van der Waals surface area contributed by atoms with E-state index >= 15 is 0 Å². The van der Waals surface area contributed by atoms with E-state index in [1.165, 1.54) is 11.4 Å². The fourth-order valence-electron chi connectivity index (χ4n) is 5.55. The number of aliphatic imine (C=N–C) groups is 1. The largest absolute Gasteiger partial charge is 0.497 e. The minimum atomic E-state index is -4.17. The van der Waals surface area contributed by atoms with E-state index in [9.17, 15) is 13.2 Å². The number of hydrogen-bond donors (Lipinski definition) is 0. The van der Waals surface area contributed by atoms with E-state index in [4.69, 9.17) is 42.4 Å². The third kappa shape index (κ3) is 7.30. The first-order valence-electron chi connectivity index (χ1n) is 15.3. The summed E-state index contributed by atoms with van der Waals surface area (Å²) in [6.07, 6.45) is -0.265. The fraction of sp³-hybridized carbons (Fsp3) is 0.412. The predicted molar refractivity (Wildman–Crippen MR) is 183 cm³/mol. The van der Waals surface area contributed by atoms with Gasteiger partial charge in [-0.3, -0.25) is 0 Å². The molecule has 0 amide bonds. The summed E-state index contributed by atoms with van der Waals surface area (Å²) in [6.45, 7) is 11.1. The van der Waals surface area contributed by atoms with E-state index in [-0.39, 0.29) is 30.8 Å². The van der Waals surface area contributed by atoms with Crippen molar-refractivity contribution >= 4 is 45.0 Å². The van der Waals surface area contributed by atoms with Crippen LogP contribution in [0.2, 0.25) is 10.0 Å². The third-order valence-corrected chi connectivity index (χ3v) is 10.0. The number of ether oxygens (including phenoxy) is 3. The van der Waals surface area contributed by atoms with Crippen molar-refractivity contribution in [3.63, 3.8) is 0 Å². The zero-order valence-corrected chi connectivity index (χ0v) is 29.3. The number of nitrogens with zero attached hydrogens (tertiary/aromatic N) is 3. The molecule has 46 heavy (non-hydrogen) atoms. The van der Waals surface area contributed by atoms with Gasteiger partial charge in [0.2, 0.25) is 15.6 Å². The lowest BCUT2D eigenvalue weighted by atomic mass is 9.80. The van der Waals surface area contributed by atoms with Crippen LogP contribution >= 0.6 is 23.2 Å². The van der Waals surface area contributed by atoms with Crippen molar-refractivity contribution in [2.45, 2.75) is 52.3 Å². The maximum absolute atomic E-state index is 14.8. The highest BCUT2D eigenvalue weighted by Gasteiger charge is 2.60. The van der Waals surface area contributed by atoms with Gasteiger partial charge in [0.15, 0.2) is 5.84 Å². The van der Waals surface area contributed by atoms with Crippen LogP contribution in [0.4, 0.5) is 0 Å². The number of sulfonamides is 1. The Morgan fingerprint density at radius 1 is 0.978 bits per heavy atom. The van der Waals surface area contributed by atoms with Gasteiger partial charge in [0.05, 0.1) is 31.1 Å². The van der Waals surface area contributed by atoms with Gasteiger partial charge in [-0.2, -0.15) is 0 Å². The molecule has 1 aliphatic heterocycles. The van der Waals surface area contributed by atoms with Crippen LogP contribution in [0.1, 0.15) is 57.4 Å². The molecule has 1 aliphatic rings. The van der Waals surface area contributed by atoms with Gasteiger partial charge in [0.25, 0.3) is 0 Å². The number of halogens is 2. The zero-order valence-electron chi connectivity index (χ0n) is 27.0. The van der Waals surface area contributed by atoms with Gasteiger partial charge in [-0.1, -0.05) is 61.3 Å². The molecule has 0 aromatic heterocycles. The summed E-state index contributed by atoms with van der Waals surface area (Å²) < 4.78 is 48.2. The first-order valence-corrected chi connectivity index (χ1v) is 17.7. The number of rotatable bonds is 14. The minimum Gasteiger partial charge on any atom is -0.497 e. The Labute approximate surface area is 282 Å². The number of amidine groups is 1. The van der Waals surface area contributed by atoms with Crippen molar-refractivity contribution < 1.29 is 27.4 Å². The molecule has 0 bridgehead atoms. The van der Waals surface area contributed by atoms with Crippen molar-refractivity contribution in [3.05, 3.63) is 93.5 Å². The molecule has 3 aromatic rings. The van der Waals surface area contributed by atoms with Crippen LogP contribution in [-0.4, -0.2) is 74.6 Å². The lowest BCUT2D eigenvalue weighted by Crippen LogP contribution is -2.48. The van der Waals surface area contributed by atoms with E-state index in [1.807, 2.05) is 32.6 Å². The number of benzene rings is 3. The summed E-state index contributed by atoms with van der Waals surface area (Å²) in [6, 6.07) is 17.3. The topological polar surface area (TPSA) is 97.7 Å². The lowest BCUT2D eigenvalue weighted by Gasteiger charge is -2.36. The average Bonchev–Trinajstić information content (AvgIpc) is 3.40. The van der Waals surface area contributed by atoms with Gasteiger partial charge < -0.3 is 19.1 Å². The first-order chi connectivity index (χ1) is 21.9. The Morgan fingerprint density at radius 3 is 2.13 bits per heavy atom. The molecule has 0 radical (unpaired) electrons. The molecule has 2 atom stereocenters. The number of methoxy groups -OCH3 is 1. The van der Waals surface area contributed by atoms with Gasteiger partial charge in [0.1, 0.15) is 17.5 Å². The monoisotopic (exact) mass is 689 g/mol. The second kappa shape index (κ2) is 15.1.